The SMILES string of the molecule is CC(C)CCC1CCCN1CC(C)C.CCCC1CCCN1CC(C)C. The van der Waals surface area contributed by atoms with Crippen LogP contribution in [0.4, 0.5) is 0 Å². The molecule has 0 bridgehead atoms. The van der Waals surface area contributed by atoms with Crippen LogP contribution in [0.15, 0.2) is 0 Å². The second-order valence-electron chi connectivity index (χ2n) is 10.1. The van der Waals surface area contributed by atoms with E-state index in [0.717, 1.165) is 29.8 Å². The van der Waals surface area contributed by atoms with Crippen LogP contribution >= 0.6 is 0 Å². The van der Waals surface area contributed by atoms with Gasteiger partial charge in [-0.25, -0.2) is 0 Å². The fourth-order valence-corrected chi connectivity index (χ4v) is 4.72. The van der Waals surface area contributed by atoms with Crippen LogP contribution in [0.1, 0.15) is 99.8 Å². The maximum absolute atomic E-state index is 2.72. The van der Waals surface area contributed by atoms with Crippen LogP contribution in [-0.4, -0.2) is 48.1 Å². The standard InChI is InChI=1S/C13H27N.C11H23N/c1-11(2)7-8-13-6-5-9-14(13)10-12(3)4;1-4-6-11-7-5-8-12(11)9-10(2)3/h11-13H,5-10H2,1-4H3;10-11H,4-9H2,1-3H3. The highest BCUT2D eigenvalue weighted by Gasteiger charge is 2.24. The van der Waals surface area contributed by atoms with Crippen molar-refractivity contribution in [3.8, 4) is 0 Å². The summed E-state index contributed by atoms with van der Waals surface area (Å²) in [6.07, 6.45) is 11.3. The third kappa shape index (κ3) is 9.74. The molecule has 2 nitrogen and oxygen atoms in total. The van der Waals surface area contributed by atoms with Crippen molar-refractivity contribution in [3.05, 3.63) is 0 Å². The molecule has 2 rings (SSSR count). The maximum Gasteiger partial charge on any atom is 0.00959 e. The molecule has 26 heavy (non-hydrogen) atoms. The van der Waals surface area contributed by atoms with Gasteiger partial charge in [0.1, 0.15) is 0 Å². The Hall–Kier alpha value is -0.0800. The Morgan fingerprint density at radius 1 is 0.692 bits per heavy atom. The van der Waals surface area contributed by atoms with E-state index < -0.39 is 0 Å². The molecule has 2 atom stereocenters. The monoisotopic (exact) mass is 366 g/mol. The summed E-state index contributed by atoms with van der Waals surface area (Å²) < 4.78 is 0. The van der Waals surface area contributed by atoms with E-state index in [4.69, 9.17) is 0 Å². The summed E-state index contributed by atoms with van der Waals surface area (Å²) in [5.74, 6) is 2.54. The Kier molecular flexibility index (Phi) is 12.1. The average Bonchev–Trinajstić information content (AvgIpc) is 3.15. The molecule has 0 radical (unpaired) electrons. The van der Waals surface area contributed by atoms with Crippen molar-refractivity contribution < 1.29 is 0 Å². The zero-order chi connectivity index (χ0) is 19.5. The highest BCUT2D eigenvalue weighted by atomic mass is 15.2. The van der Waals surface area contributed by atoms with Crippen LogP contribution in [0.2, 0.25) is 0 Å². The first-order valence-electron chi connectivity index (χ1n) is 11.8. The fourth-order valence-electron chi connectivity index (χ4n) is 4.72. The summed E-state index contributed by atoms with van der Waals surface area (Å²) in [7, 11) is 0. The van der Waals surface area contributed by atoms with E-state index in [1.807, 2.05) is 0 Å². The molecule has 0 amide bonds. The smallest absolute Gasteiger partial charge is 0.00959 e. The largest absolute Gasteiger partial charge is 0.300 e. The van der Waals surface area contributed by atoms with E-state index in [-0.39, 0.29) is 0 Å². The molecular weight excluding hydrogens is 316 g/mol. The van der Waals surface area contributed by atoms with E-state index in [1.54, 1.807) is 0 Å². The van der Waals surface area contributed by atoms with Gasteiger partial charge >= 0.3 is 0 Å². The Bertz CT molecular complexity index is 337. The van der Waals surface area contributed by atoms with Gasteiger partial charge in [-0.2, -0.15) is 0 Å². The third-order valence-corrected chi connectivity index (χ3v) is 5.90. The van der Waals surface area contributed by atoms with Gasteiger partial charge in [-0.15, -0.1) is 0 Å². The molecule has 0 aliphatic carbocycles. The van der Waals surface area contributed by atoms with Gasteiger partial charge < -0.3 is 9.80 Å². The first-order chi connectivity index (χ1) is 12.3. The van der Waals surface area contributed by atoms with Crippen molar-refractivity contribution in [3.63, 3.8) is 0 Å². The topological polar surface area (TPSA) is 6.48 Å². The Labute approximate surface area is 166 Å². The molecular formula is C24H50N2. The molecule has 0 aromatic heterocycles. The Morgan fingerprint density at radius 3 is 1.54 bits per heavy atom. The molecule has 2 heteroatoms. The lowest BCUT2D eigenvalue weighted by molar-refractivity contribution is 0.210. The molecule has 0 saturated carbocycles. The third-order valence-electron chi connectivity index (χ3n) is 5.90. The van der Waals surface area contributed by atoms with Crippen molar-refractivity contribution in [2.75, 3.05) is 26.2 Å². The zero-order valence-electron chi connectivity index (χ0n) is 19.3. The molecule has 0 spiro atoms. The average molecular weight is 367 g/mol. The number of likely N-dealkylation sites (tertiary alicyclic amines) is 2. The van der Waals surface area contributed by atoms with Crippen molar-refractivity contribution in [1.29, 1.82) is 0 Å². The lowest BCUT2D eigenvalue weighted by Gasteiger charge is -2.26. The summed E-state index contributed by atoms with van der Waals surface area (Å²) in [6, 6.07) is 1.82. The molecule has 2 aliphatic heterocycles. The lowest BCUT2D eigenvalue weighted by atomic mass is 10.0. The summed E-state index contributed by atoms with van der Waals surface area (Å²) in [5, 5.41) is 0. The van der Waals surface area contributed by atoms with Crippen LogP contribution < -0.4 is 0 Å². The highest BCUT2D eigenvalue weighted by molar-refractivity contribution is 4.80. The summed E-state index contributed by atoms with van der Waals surface area (Å²) in [6.45, 7) is 21.6. The van der Waals surface area contributed by atoms with Crippen LogP contribution in [0.3, 0.4) is 0 Å². The molecule has 2 heterocycles. The molecule has 0 aromatic carbocycles. The minimum absolute atomic E-state index is 0.828. The van der Waals surface area contributed by atoms with E-state index in [9.17, 15) is 0 Å². The maximum atomic E-state index is 2.72. The number of nitrogens with zero attached hydrogens (tertiary/aromatic N) is 2. The second-order valence-corrected chi connectivity index (χ2v) is 10.1. The van der Waals surface area contributed by atoms with Crippen LogP contribution in [0.25, 0.3) is 0 Å². The van der Waals surface area contributed by atoms with Crippen molar-refractivity contribution in [2.24, 2.45) is 17.8 Å². The number of rotatable bonds is 9. The van der Waals surface area contributed by atoms with E-state index in [2.05, 4.69) is 58.3 Å². The first-order valence-corrected chi connectivity index (χ1v) is 11.8. The predicted molar refractivity (Wildman–Crippen MR) is 118 cm³/mol. The van der Waals surface area contributed by atoms with Crippen LogP contribution in [0.5, 0.6) is 0 Å². The van der Waals surface area contributed by atoms with Gasteiger partial charge in [0.2, 0.25) is 0 Å². The fraction of sp³-hybridized carbons (Fsp3) is 1.00. The van der Waals surface area contributed by atoms with Crippen molar-refractivity contribution in [2.45, 2.75) is 112 Å². The van der Waals surface area contributed by atoms with Gasteiger partial charge in [0.05, 0.1) is 0 Å². The van der Waals surface area contributed by atoms with E-state index in [1.165, 1.54) is 77.5 Å². The van der Waals surface area contributed by atoms with Gasteiger partial charge in [-0.3, -0.25) is 0 Å². The minimum atomic E-state index is 0.828. The number of hydrogen-bond donors (Lipinski definition) is 0. The normalized spacial score (nSPS) is 24.7. The molecule has 0 aromatic rings. The zero-order valence-corrected chi connectivity index (χ0v) is 19.3. The van der Waals surface area contributed by atoms with Gasteiger partial charge in [-0.1, -0.05) is 54.9 Å². The molecule has 2 saturated heterocycles. The van der Waals surface area contributed by atoms with Gasteiger partial charge in [0.15, 0.2) is 0 Å². The van der Waals surface area contributed by atoms with Gasteiger partial charge in [0.25, 0.3) is 0 Å². The van der Waals surface area contributed by atoms with E-state index >= 15 is 0 Å². The van der Waals surface area contributed by atoms with Crippen molar-refractivity contribution >= 4 is 0 Å². The molecule has 2 aliphatic rings. The van der Waals surface area contributed by atoms with Gasteiger partial charge in [0, 0.05) is 25.2 Å². The van der Waals surface area contributed by atoms with Gasteiger partial charge in [-0.05, 0) is 75.8 Å². The predicted octanol–water partition coefficient (Wildman–Crippen LogP) is 6.45. The molecule has 2 fully saturated rings. The molecule has 2 unspecified atom stereocenters. The Morgan fingerprint density at radius 2 is 1.15 bits per heavy atom. The highest BCUT2D eigenvalue weighted by Crippen LogP contribution is 2.24. The summed E-state index contributed by atoms with van der Waals surface area (Å²) >= 11 is 0. The summed E-state index contributed by atoms with van der Waals surface area (Å²) in [5.41, 5.74) is 0. The lowest BCUT2D eigenvalue weighted by Crippen LogP contribution is -2.32. The molecule has 0 N–H and O–H groups in total. The minimum Gasteiger partial charge on any atom is -0.300 e. The summed E-state index contributed by atoms with van der Waals surface area (Å²) in [4.78, 5) is 5.40. The van der Waals surface area contributed by atoms with Crippen LogP contribution in [0, 0.1) is 17.8 Å². The Balaban J connectivity index is 0.000000263. The second kappa shape index (κ2) is 13.2. The molecule has 156 valence electrons. The van der Waals surface area contributed by atoms with Crippen molar-refractivity contribution in [1.82, 2.24) is 9.80 Å². The number of hydrogen-bond acceptors (Lipinski definition) is 2. The van der Waals surface area contributed by atoms with E-state index in [0.29, 0.717) is 0 Å². The first kappa shape index (κ1) is 24.0. The van der Waals surface area contributed by atoms with Crippen LogP contribution in [-0.2, 0) is 0 Å². The quantitative estimate of drug-likeness (QED) is 0.462.